The molecule has 0 saturated heterocycles. The second-order valence-corrected chi connectivity index (χ2v) is 10.9. The molecule has 2 aliphatic rings. The van der Waals surface area contributed by atoms with Crippen LogP contribution in [0.4, 0.5) is 0 Å². The number of rotatable bonds is 4. The van der Waals surface area contributed by atoms with Gasteiger partial charge in [0.05, 0.1) is 0 Å². The van der Waals surface area contributed by atoms with E-state index in [0.29, 0.717) is 11.8 Å². The van der Waals surface area contributed by atoms with Gasteiger partial charge in [0.2, 0.25) is 0 Å². The standard InChI is InChI=1S/C28H27Cl2/c1-26(2)23(19-9-8-12-22(30)17-19)25(26)28(20-10-6-5-7-11-20)24(27(28,3)4)18-13-15-21(29)16-14-18/h5-17,23,25H,1-4H3. The lowest BCUT2D eigenvalue weighted by Crippen LogP contribution is -2.21. The van der Waals surface area contributed by atoms with Crippen molar-refractivity contribution in [1.82, 2.24) is 0 Å². The van der Waals surface area contributed by atoms with Crippen LogP contribution in [0.1, 0.15) is 50.3 Å². The maximum absolute atomic E-state index is 6.38. The molecule has 153 valence electrons. The summed E-state index contributed by atoms with van der Waals surface area (Å²) in [6.07, 6.45) is 0. The van der Waals surface area contributed by atoms with Crippen molar-refractivity contribution in [2.24, 2.45) is 16.7 Å². The Balaban J connectivity index is 1.67. The van der Waals surface area contributed by atoms with Crippen molar-refractivity contribution in [2.45, 2.75) is 39.0 Å². The Bertz CT molecular complexity index is 1080. The van der Waals surface area contributed by atoms with E-state index in [1.165, 1.54) is 22.6 Å². The van der Waals surface area contributed by atoms with Crippen molar-refractivity contribution in [2.75, 3.05) is 0 Å². The molecule has 3 atom stereocenters. The zero-order valence-corrected chi connectivity index (χ0v) is 19.4. The van der Waals surface area contributed by atoms with Crippen LogP contribution in [0.5, 0.6) is 0 Å². The fourth-order valence-corrected chi connectivity index (χ4v) is 6.91. The van der Waals surface area contributed by atoms with Gasteiger partial charge in [0, 0.05) is 21.4 Å². The Morgan fingerprint density at radius 3 is 2.00 bits per heavy atom. The molecule has 1 radical (unpaired) electrons. The number of hydrogen-bond acceptors (Lipinski definition) is 0. The van der Waals surface area contributed by atoms with Crippen LogP contribution in [0.15, 0.2) is 78.9 Å². The van der Waals surface area contributed by atoms with Gasteiger partial charge in [-0.1, -0.05) is 105 Å². The van der Waals surface area contributed by atoms with Crippen molar-refractivity contribution in [3.8, 4) is 0 Å². The molecule has 3 unspecified atom stereocenters. The topological polar surface area (TPSA) is 0 Å². The van der Waals surface area contributed by atoms with Crippen LogP contribution >= 0.6 is 23.2 Å². The van der Waals surface area contributed by atoms with E-state index in [4.69, 9.17) is 23.2 Å². The molecule has 0 heterocycles. The smallest absolute Gasteiger partial charge is 0.0408 e. The van der Waals surface area contributed by atoms with E-state index in [9.17, 15) is 0 Å². The molecule has 2 aliphatic carbocycles. The first-order chi connectivity index (χ1) is 14.2. The third-order valence-corrected chi connectivity index (χ3v) is 8.29. The lowest BCUT2D eigenvalue weighted by molar-refractivity contribution is 0.390. The molecule has 0 bridgehead atoms. The Kier molecular flexibility index (Phi) is 4.45. The van der Waals surface area contributed by atoms with Gasteiger partial charge in [-0.25, -0.2) is 0 Å². The van der Waals surface area contributed by atoms with E-state index >= 15 is 0 Å². The summed E-state index contributed by atoms with van der Waals surface area (Å²) in [4.78, 5) is 0. The molecule has 0 nitrogen and oxygen atoms in total. The van der Waals surface area contributed by atoms with Crippen molar-refractivity contribution >= 4 is 23.2 Å². The summed E-state index contributed by atoms with van der Waals surface area (Å²) < 4.78 is 0. The van der Waals surface area contributed by atoms with Crippen LogP contribution in [-0.2, 0) is 5.41 Å². The molecule has 2 heteroatoms. The molecule has 0 spiro atoms. The zero-order valence-electron chi connectivity index (χ0n) is 17.9. The molecule has 3 aromatic rings. The van der Waals surface area contributed by atoms with Gasteiger partial charge in [0.25, 0.3) is 0 Å². The highest BCUT2D eigenvalue weighted by Crippen LogP contribution is 2.87. The first-order valence-corrected chi connectivity index (χ1v) is 11.4. The van der Waals surface area contributed by atoms with E-state index in [2.05, 4.69) is 88.4 Å². The van der Waals surface area contributed by atoms with Crippen LogP contribution in [0, 0.1) is 22.7 Å². The zero-order chi connectivity index (χ0) is 21.3. The average molecular weight is 434 g/mol. The summed E-state index contributed by atoms with van der Waals surface area (Å²) in [6.45, 7) is 9.66. The SMILES string of the molecule is CC1(C)C(c2cccc(Cl)c2)C1C1(c2ccccc2)[C](c2ccc(Cl)cc2)C1(C)C. The van der Waals surface area contributed by atoms with E-state index in [0.717, 1.165) is 10.0 Å². The molecule has 2 fully saturated rings. The lowest BCUT2D eigenvalue weighted by Gasteiger charge is -2.24. The van der Waals surface area contributed by atoms with Crippen LogP contribution < -0.4 is 0 Å². The molecule has 2 saturated carbocycles. The summed E-state index contributed by atoms with van der Waals surface area (Å²) in [5.41, 5.74) is 4.33. The van der Waals surface area contributed by atoms with Crippen LogP contribution in [0.2, 0.25) is 10.0 Å². The minimum absolute atomic E-state index is 0.00141. The second-order valence-electron chi connectivity index (χ2n) is 10.0. The Labute approximate surface area is 190 Å². The van der Waals surface area contributed by atoms with Gasteiger partial charge < -0.3 is 0 Å². The third-order valence-electron chi connectivity index (χ3n) is 7.81. The maximum atomic E-state index is 6.38. The molecule has 0 amide bonds. The summed E-state index contributed by atoms with van der Waals surface area (Å²) in [6, 6.07) is 27.9. The first-order valence-electron chi connectivity index (χ1n) is 10.7. The first kappa shape index (κ1) is 20.2. The summed E-state index contributed by atoms with van der Waals surface area (Å²) in [5.74, 6) is 2.51. The highest BCUT2D eigenvalue weighted by atomic mass is 35.5. The fourth-order valence-electron chi connectivity index (χ4n) is 6.59. The quantitative estimate of drug-likeness (QED) is 0.387. The fraction of sp³-hybridized carbons (Fsp3) is 0.321. The van der Waals surface area contributed by atoms with Gasteiger partial charge in [-0.3, -0.25) is 0 Å². The number of hydrogen-bond donors (Lipinski definition) is 0. The molecule has 30 heavy (non-hydrogen) atoms. The minimum Gasteiger partial charge on any atom is -0.0843 e. The highest BCUT2D eigenvalue weighted by molar-refractivity contribution is 6.30. The summed E-state index contributed by atoms with van der Waals surface area (Å²) in [7, 11) is 0. The molecular formula is C28H27Cl2. The van der Waals surface area contributed by atoms with Gasteiger partial charge >= 0.3 is 0 Å². The van der Waals surface area contributed by atoms with E-state index in [-0.39, 0.29) is 16.2 Å². The number of halogens is 2. The second kappa shape index (κ2) is 6.62. The molecule has 0 aromatic heterocycles. The molecule has 0 N–H and O–H groups in total. The average Bonchev–Trinajstić information content (AvgIpc) is 3.48. The number of benzene rings is 3. The van der Waals surface area contributed by atoms with E-state index in [1.807, 2.05) is 18.2 Å². The van der Waals surface area contributed by atoms with E-state index < -0.39 is 0 Å². The highest BCUT2D eigenvalue weighted by Gasteiger charge is 2.83. The molecule has 5 rings (SSSR count). The van der Waals surface area contributed by atoms with Crippen LogP contribution in [0.3, 0.4) is 0 Å². The molecule has 3 aromatic carbocycles. The predicted molar refractivity (Wildman–Crippen MR) is 127 cm³/mol. The Morgan fingerprint density at radius 2 is 1.37 bits per heavy atom. The van der Waals surface area contributed by atoms with E-state index in [1.54, 1.807) is 0 Å². The van der Waals surface area contributed by atoms with Crippen molar-refractivity contribution in [3.63, 3.8) is 0 Å². The van der Waals surface area contributed by atoms with Crippen molar-refractivity contribution < 1.29 is 0 Å². The van der Waals surface area contributed by atoms with Gasteiger partial charge in [0.1, 0.15) is 0 Å². The molecule has 0 aliphatic heterocycles. The minimum atomic E-state index is -0.00141. The predicted octanol–water partition coefficient (Wildman–Crippen LogP) is 8.33. The van der Waals surface area contributed by atoms with Crippen molar-refractivity contribution in [1.29, 1.82) is 0 Å². The largest absolute Gasteiger partial charge is 0.0843 e. The van der Waals surface area contributed by atoms with Crippen molar-refractivity contribution in [3.05, 3.63) is 112 Å². The van der Waals surface area contributed by atoms with Crippen LogP contribution in [-0.4, -0.2) is 0 Å². The van der Waals surface area contributed by atoms with Crippen LogP contribution in [0.25, 0.3) is 0 Å². The van der Waals surface area contributed by atoms with Gasteiger partial charge in [0.15, 0.2) is 0 Å². The Morgan fingerprint density at radius 1 is 0.700 bits per heavy atom. The maximum Gasteiger partial charge on any atom is 0.0408 e. The summed E-state index contributed by atoms with van der Waals surface area (Å²) in [5, 5.41) is 1.60. The van der Waals surface area contributed by atoms with Gasteiger partial charge in [-0.05, 0) is 63.6 Å². The third kappa shape index (κ3) is 2.66. The summed E-state index contributed by atoms with van der Waals surface area (Å²) >= 11 is 12.6. The molecular weight excluding hydrogens is 407 g/mol. The monoisotopic (exact) mass is 433 g/mol. The lowest BCUT2D eigenvalue weighted by atomic mass is 9.79. The van der Waals surface area contributed by atoms with Gasteiger partial charge in [-0.2, -0.15) is 0 Å². The normalized spacial score (nSPS) is 28.9. The van der Waals surface area contributed by atoms with Gasteiger partial charge in [-0.15, -0.1) is 0 Å². The Hall–Kier alpha value is -1.76.